The van der Waals surface area contributed by atoms with Gasteiger partial charge in [0.2, 0.25) is 0 Å². The second-order valence-corrected chi connectivity index (χ2v) is 5.44. The van der Waals surface area contributed by atoms with Crippen LogP contribution in [-0.2, 0) is 6.54 Å². The Morgan fingerprint density at radius 2 is 1.96 bits per heavy atom. The van der Waals surface area contributed by atoms with Gasteiger partial charge in [0.25, 0.3) is 5.91 Å². The highest BCUT2D eigenvalue weighted by molar-refractivity contribution is 6.06. The van der Waals surface area contributed by atoms with Gasteiger partial charge in [0, 0.05) is 25.7 Å². The van der Waals surface area contributed by atoms with E-state index in [1.807, 2.05) is 54.9 Å². The van der Waals surface area contributed by atoms with Gasteiger partial charge in [-0.15, -0.1) is 0 Å². The molecular weight excluding hydrogens is 288 g/mol. The number of aryl methyl sites for hydroxylation is 1. The summed E-state index contributed by atoms with van der Waals surface area (Å²) in [6.45, 7) is 5.35. The largest absolute Gasteiger partial charge is 0.342 e. The van der Waals surface area contributed by atoms with Crippen LogP contribution in [0.2, 0.25) is 0 Å². The van der Waals surface area contributed by atoms with Crippen molar-refractivity contribution in [2.45, 2.75) is 20.4 Å². The molecule has 0 N–H and O–H groups in total. The fourth-order valence-electron chi connectivity index (χ4n) is 2.56. The standard InChI is InChI=1S/C18H20N4O/c1-4-21(3)18(23)14-11-16(13-9-7-6-8-10-13)20-17-15(14)12-19-22(17)5-2/h6-12H,4-5H2,1-3H3. The van der Waals surface area contributed by atoms with Gasteiger partial charge in [0.1, 0.15) is 0 Å². The fraction of sp³-hybridized carbons (Fsp3) is 0.278. The van der Waals surface area contributed by atoms with Crippen LogP contribution in [0.25, 0.3) is 22.3 Å². The summed E-state index contributed by atoms with van der Waals surface area (Å²) < 4.78 is 1.82. The Hall–Kier alpha value is -2.69. The number of aromatic nitrogens is 3. The molecule has 0 radical (unpaired) electrons. The molecule has 118 valence electrons. The third-order valence-electron chi connectivity index (χ3n) is 4.03. The highest BCUT2D eigenvalue weighted by Crippen LogP contribution is 2.25. The molecule has 1 aromatic carbocycles. The molecule has 5 nitrogen and oxygen atoms in total. The predicted octanol–water partition coefficient (Wildman–Crippen LogP) is 3.21. The molecular formula is C18H20N4O. The van der Waals surface area contributed by atoms with E-state index in [0.29, 0.717) is 18.7 Å². The van der Waals surface area contributed by atoms with Gasteiger partial charge in [-0.3, -0.25) is 4.79 Å². The molecule has 0 aliphatic carbocycles. The van der Waals surface area contributed by atoms with E-state index < -0.39 is 0 Å². The van der Waals surface area contributed by atoms with Crippen LogP contribution in [0, 0.1) is 0 Å². The average molecular weight is 308 g/mol. The van der Waals surface area contributed by atoms with Crippen LogP contribution in [-0.4, -0.2) is 39.2 Å². The van der Waals surface area contributed by atoms with E-state index in [1.54, 1.807) is 18.1 Å². The van der Waals surface area contributed by atoms with Gasteiger partial charge >= 0.3 is 0 Å². The lowest BCUT2D eigenvalue weighted by Gasteiger charge is -2.16. The van der Waals surface area contributed by atoms with Crippen molar-refractivity contribution >= 4 is 16.9 Å². The molecule has 0 unspecified atom stereocenters. The normalized spacial score (nSPS) is 10.9. The highest BCUT2D eigenvalue weighted by atomic mass is 16.2. The van der Waals surface area contributed by atoms with Crippen molar-refractivity contribution in [3.63, 3.8) is 0 Å². The maximum Gasteiger partial charge on any atom is 0.254 e. The molecule has 23 heavy (non-hydrogen) atoms. The molecule has 0 spiro atoms. The van der Waals surface area contributed by atoms with Crippen molar-refractivity contribution in [2.24, 2.45) is 0 Å². The maximum atomic E-state index is 12.7. The quantitative estimate of drug-likeness (QED) is 0.743. The lowest BCUT2D eigenvalue weighted by Crippen LogP contribution is -2.26. The molecule has 3 rings (SSSR count). The second kappa shape index (κ2) is 6.20. The number of amides is 1. The van der Waals surface area contributed by atoms with Crippen LogP contribution in [0.1, 0.15) is 24.2 Å². The first-order chi connectivity index (χ1) is 11.2. The van der Waals surface area contributed by atoms with E-state index in [9.17, 15) is 4.79 Å². The molecule has 0 aliphatic heterocycles. The van der Waals surface area contributed by atoms with Crippen molar-refractivity contribution < 1.29 is 4.79 Å². The predicted molar refractivity (Wildman–Crippen MR) is 91.3 cm³/mol. The van der Waals surface area contributed by atoms with Crippen molar-refractivity contribution in [1.82, 2.24) is 19.7 Å². The van der Waals surface area contributed by atoms with Crippen LogP contribution in [0.3, 0.4) is 0 Å². The summed E-state index contributed by atoms with van der Waals surface area (Å²) in [6, 6.07) is 11.8. The number of benzene rings is 1. The summed E-state index contributed by atoms with van der Waals surface area (Å²) in [5, 5.41) is 5.16. The smallest absolute Gasteiger partial charge is 0.254 e. The van der Waals surface area contributed by atoms with Gasteiger partial charge in [-0.2, -0.15) is 5.10 Å². The molecule has 5 heteroatoms. The van der Waals surface area contributed by atoms with Crippen molar-refractivity contribution in [3.8, 4) is 11.3 Å². The minimum atomic E-state index is -0.00673. The number of nitrogens with zero attached hydrogens (tertiary/aromatic N) is 4. The maximum absolute atomic E-state index is 12.7. The van der Waals surface area contributed by atoms with Crippen molar-refractivity contribution in [3.05, 3.63) is 48.2 Å². The number of hydrogen-bond donors (Lipinski definition) is 0. The molecule has 0 saturated heterocycles. The molecule has 0 bridgehead atoms. The Balaban J connectivity index is 2.25. The fourth-order valence-corrected chi connectivity index (χ4v) is 2.56. The molecule has 0 saturated carbocycles. The Kier molecular flexibility index (Phi) is 4.10. The lowest BCUT2D eigenvalue weighted by molar-refractivity contribution is 0.0804. The zero-order valence-electron chi connectivity index (χ0n) is 13.7. The van der Waals surface area contributed by atoms with Crippen molar-refractivity contribution in [1.29, 1.82) is 0 Å². The summed E-state index contributed by atoms with van der Waals surface area (Å²) in [5.41, 5.74) is 3.19. The first kappa shape index (κ1) is 15.2. The van der Waals surface area contributed by atoms with Crippen LogP contribution >= 0.6 is 0 Å². The first-order valence-corrected chi connectivity index (χ1v) is 7.83. The van der Waals surface area contributed by atoms with Gasteiger partial charge in [-0.1, -0.05) is 30.3 Å². The van der Waals surface area contributed by atoms with E-state index >= 15 is 0 Å². The number of carbonyl (C=O) groups excluding carboxylic acids is 1. The molecule has 0 atom stereocenters. The van der Waals surface area contributed by atoms with Gasteiger partial charge in [-0.05, 0) is 19.9 Å². The Morgan fingerprint density at radius 1 is 1.22 bits per heavy atom. The molecule has 2 heterocycles. The molecule has 0 fully saturated rings. The van der Waals surface area contributed by atoms with E-state index in [1.165, 1.54) is 0 Å². The highest BCUT2D eigenvalue weighted by Gasteiger charge is 2.19. The van der Waals surface area contributed by atoms with Crippen molar-refractivity contribution in [2.75, 3.05) is 13.6 Å². The van der Waals surface area contributed by atoms with Crippen LogP contribution < -0.4 is 0 Å². The zero-order chi connectivity index (χ0) is 16.4. The number of rotatable bonds is 4. The molecule has 1 amide bonds. The average Bonchev–Trinajstić information content (AvgIpc) is 3.03. The number of hydrogen-bond acceptors (Lipinski definition) is 3. The number of carbonyl (C=O) groups is 1. The number of pyridine rings is 1. The monoisotopic (exact) mass is 308 g/mol. The van der Waals surface area contributed by atoms with Gasteiger partial charge in [0.15, 0.2) is 5.65 Å². The summed E-state index contributed by atoms with van der Waals surface area (Å²) in [5.74, 6) is -0.00673. The molecule has 0 aliphatic rings. The Labute approximate surface area is 135 Å². The van der Waals surface area contributed by atoms with Gasteiger partial charge in [-0.25, -0.2) is 9.67 Å². The second-order valence-electron chi connectivity index (χ2n) is 5.44. The van der Waals surface area contributed by atoms with Crippen LogP contribution in [0.15, 0.2) is 42.6 Å². The third kappa shape index (κ3) is 2.70. The minimum Gasteiger partial charge on any atom is -0.342 e. The Bertz CT molecular complexity index is 839. The molecule has 3 aromatic rings. The van der Waals surface area contributed by atoms with E-state index in [4.69, 9.17) is 4.98 Å². The van der Waals surface area contributed by atoms with Gasteiger partial charge < -0.3 is 4.90 Å². The third-order valence-corrected chi connectivity index (χ3v) is 4.03. The Morgan fingerprint density at radius 3 is 2.61 bits per heavy atom. The van der Waals surface area contributed by atoms with Crippen LogP contribution in [0.4, 0.5) is 0 Å². The van der Waals surface area contributed by atoms with E-state index in [-0.39, 0.29) is 5.91 Å². The van der Waals surface area contributed by atoms with E-state index in [2.05, 4.69) is 5.10 Å². The van der Waals surface area contributed by atoms with Gasteiger partial charge in [0.05, 0.1) is 22.8 Å². The summed E-state index contributed by atoms with van der Waals surface area (Å²) in [6.07, 6.45) is 1.73. The summed E-state index contributed by atoms with van der Waals surface area (Å²) >= 11 is 0. The number of fused-ring (bicyclic) bond motifs is 1. The van der Waals surface area contributed by atoms with E-state index in [0.717, 1.165) is 22.3 Å². The molecule has 2 aromatic heterocycles. The topological polar surface area (TPSA) is 51.0 Å². The summed E-state index contributed by atoms with van der Waals surface area (Å²) in [4.78, 5) is 19.2. The minimum absolute atomic E-state index is 0.00673. The first-order valence-electron chi connectivity index (χ1n) is 7.83. The van der Waals surface area contributed by atoms with Crippen LogP contribution in [0.5, 0.6) is 0 Å². The zero-order valence-corrected chi connectivity index (χ0v) is 13.7. The summed E-state index contributed by atoms with van der Waals surface area (Å²) in [7, 11) is 1.81. The SMILES string of the molecule is CCN(C)C(=O)c1cc(-c2ccccc2)nc2c1cnn2CC. The lowest BCUT2D eigenvalue weighted by atomic mass is 10.1.